The van der Waals surface area contributed by atoms with Gasteiger partial charge in [-0.2, -0.15) is 0 Å². The van der Waals surface area contributed by atoms with Gasteiger partial charge < -0.3 is 25.8 Å². The maximum absolute atomic E-state index is 13.2. The maximum Gasteiger partial charge on any atom is 0.305 e. The number of nitrogens with one attached hydrogen (secondary N) is 3. The first-order valence-electron chi connectivity index (χ1n) is 12.6. The summed E-state index contributed by atoms with van der Waals surface area (Å²) in [5.74, 6) is -2.84. The van der Waals surface area contributed by atoms with E-state index in [-0.39, 0.29) is 32.5 Å². The van der Waals surface area contributed by atoms with Crippen LogP contribution in [0.5, 0.6) is 0 Å². The topological polar surface area (TPSA) is 134 Å². The highest BCUT2D eigenvalue weighted by Crippen LogP contribution is 2.19. The summed E-state index contributed by atoms with van der Waals surface area (Å²) in [6.45, 7) is 8.30. The van der Waals surface area contributed by atoms with Gasteiger partial charge in [-0.15, -0.1) is 13.2 Å². The highest BCUT2D eigenvalue weighted by Gasteiger charge is 2.28. The van der Waals surface area contributed by atoms with Crippen LogP contribution < -0.4 is 16.0 Å². The molecule has 0 aliphatic heterocycles. The first kappa shape index (κ1) is 30.2. The van der Waals surface area contributed by atoms with E-state index in [4.69, 9.17) is 9.84 Å². The number of benzene rings is 2. The number of esters is 1. The molecule has 204 valence electrons. The van der Waals surface area contributed by atoms with Crippen LogP contribution >= 0.6 is 0 Å². The Morgan fingerprint density at radius 2 is 1.74 bits per heavy atom. The molecule has 38 heavy (non-hydrogen) atoms. The number of carbonyl (C=O) groups is 4. The van der Waals surface area contributed by atoms with Gasteiger partial charge in [0.2, 0.25) is 11.8 Å². The molecule has 9 heteroatoms. The van der Waals surface area contributed by atoms with Gasteiger partial charge in [-0.25, -0.2) is 0 Å². The number of anilines is 1. The van der Waals surface area contributed by atoms with E-state index in [1.165, 1.54) is 6.08 Å². The molecule has 0 aliphatic carbocycles. The van der Waals surface area contributed by atoms with Crippen LogP contribution in [0.1, 0.15) is 39.0 Å². The molecule has 0 bridgehead atoms. The Hall–Kier alpha value is -3.98. The lowest BCUT2D eigenvalue weighted by molar-refractivity contribution is -0.146. The molecule has 9 nitrogen and oxygen atoms in total. The van der Waals surface area contributed by atoms with E-state index in [2.05, 4.69) is 29.1 Å². The smallest absolute Gasteiger partial charge is 0.305 e. The second-order valence-electron chi connectivity index (χ2n) is 9.05. The number of hydrogen-bond acceptors (Lipinski definition) is 6. The van der Waals surface area contributed by atoms with Crippen molar-refractivity contribution >= 4 is 40.2 Å². The number of aliphatic hydroxyl groups excluding tert-OH is 1. The summed E-state index contributed by atoms with van der Waals surface area (Å²) in [6.07, 6.45) is 4.60. The molecule has 0 radical (unpaired) electrons. The number of fused-ring (bicyclic) bond motifs is 1. The van der Waals surface area contributed by atoms with Crippen molar-refractivity contribution in [2.45, 2.75) is 51.1 Å². The van der Waals surface area contributed by atoms with Crippen LogP contribution in [-0.4, -0.2) is 54.1 Å². The van der Waals surface area contributed by atoms with Gasteiger partial charge >= 0.3 is 5.97 Å². The molecule has 0 aliphatic rings. The van der Waals surface area contributed by atoms with Crippen molar-refractivity contribution in [2.75, 3.05) is 18.5 Å². The van der Waals surface area contributed by atoms with Crippen molar-refractivity contribution in [1.29, 1.82) is 0 Å². The zero-order valence-corrected chi connectivity index (χ0v) is 21.8. The molecule has 2 rings (SSSR count). The number of aliphatic hydroxyl groups is 1. The third-order valence-corrected chi connectivity index (χ3v) is 5.79. The van der Waals surface area contributed by atoms with E-state index in [1.807, 2.05) is 30.3 Å². The zero-order valence-electron chi connectivity index (χ0n) is 21.8. The summed E-state index contributed by atoms with van der Waals surface area (Å²) in [5, 5.41) is 19.1. The van der Waals surface area contributed by atoms with Gasteiger partial charge in [-0.1, -0.05) is 42.5 Å². The zero-order chi connectivity index (χ0) is 27.9. The molecule has 0 saturated carbocycles. The third-order valence-electron chi connectivity index (χ3n) is 5.79. The van der Waals surface area contributed by atoms with Crippen molar-refractivity contribution in [2.24, 2.45) is 5.92 Å². The van der Waals surface area contributed by atoms with E-state index in [0.29, 0.717) is 18.5 Å². The summed E-state index contributed by atoms with van der Waals surface area (Å²) in [6, 6.07) is 11.4. The first-order chi connectivity index (χ1) is 18.3. The number of ether oxygens (including phenoxy) is 1. The van der Waals surface area contributed by atoms with Gasteiger partial charge in [-0.05, 0) is 49.1 Å². The van der Waals surface area contributed by atoms with Gasteiger partial charge in [0, 0.05) is 24.6 Å². The summed E-state index contributed by atoms with van der Waals surface area (Å²) in [4.78, 5) is 50.8. The van der Waals surface area contributed by atoms with E-state index in [1.54, 1.807) is 25.1 Å². The SMILES string of the molecule is C=CCCCC(=O)OC[C@H](NC(=O)[C@@H](CC=C)CC(=O)N[C@H](C)CO)C(=O)Nc1ccc2ccccc2c1. The lowest BCUT2D eigenvalue weighted by atomic mass is 9.99. The molecule has 0 unspecified atom stereocenters. The Bertz CT molecular complexity index is 1130. The average Bonchev–Trinajstić information content (AvgIpc) is 2.90. The fourth-order valence-electron chi connectivity index (χ4n) is 3.70. The number of rotatable bonds is 16. The number of allylic oxidation sites excluding steroid dienone is 2. The number of amides is 3. The van der Waals surface area contributed by atoms with Crippen LogP contribution in [0.3, 0.4) is 0 Å². The maximum atomic E-state index is 13.2. The quantitative estimate of drug-likeness (QED) is 0.152. The summed E-state index contributed by atoms with van der Waals surface area (Å²) in [5.41, 5.74) is 0.519. The van der Waals surface area contributed by atoms with Crippen molar-refractivity contribution in [1.82, 2.24) is 10.6 Å². The lowest BCUT2D eigenvalue weighted by Gasteiger charge is -2.22. The van der Waals surface area contributed by atoms with Crippen molar-refractivity contribution in [3.05, 3.63) is 67.8 Å². The van der Waals surface area contributed by atoms with Crippen LogP contribution in [0, 0.1) is 5.92 Å². The molecule has 3 atom stereocenters. The van der Waals surface area contributed by atoms with Crippen LogP contribution in [0.4, 0.5) is 5.69 Å². The molecule has 2 aromatic rings. The van der Waals surface area contributed by atoms with Gasteiger partial charge in [0.25, 0.3) is 5.91 Å². The van der Waals surface area contributed by atoms with Gasteiger partial charge in [0.1, 0.15) is 12.6 Å². The Balaban J connectivity index is 2.15. The van der Waals surface area contributed by atoms with E-state index in [9.17, 15) is 19.2 Å². The molecule has 0 aromatic heterocycles. The van der Waals surface area contributed by atoms with Gasteiger partial charge in [-0.3, -0.25) is 19.2 Å². The predicted molar refractivity (Wildman–Crippen MR) is 147 cm³/mol. The Morgan fingerprint density at radius 3 is 2.42 bits per heavy atom. The van der Waals surface area contributed by atoms with E-state index >= 15 is 0 Å². The fraction of sp³-hybridized carbons (Fsp3) is 0.379. The molecule has 0 heterocycles. The monoisotopic (exact) mass is 523 g/mol. The number of hydrogen-bond donors (Lipinski definition) is 4. The van der Waals surface area contributed by atoms with Crippen LogP contribution in [0.15, 0.2) is 67.8 Å². The van der Waals surface area contributed by atoms with Crippen LogP contribution in [0.25, 0.3) is 10.8 Å². The summed E-state index contributed by atoms with van der Waals surface area (Å²) < 4.78 is 5.29. The van der Waals surface area contributed by atoms with Gasteiger partial charge in [0.15, 0.2) is 0 Å². The molecular formula is C29H37N3O6. The third kappa shape index (κ3) is 10.2. The Morgan fingerprint density at radius 1 is 1.00 bits per heavy atom. The van der Waals surface area contributed by atoms with Crippen molar-refractivity contribution < 1.29 is 29.0 Å². The molecule has 4 N–H and O–H groups in total. The molecule has 0 fully saturated rings. The minimum absolute atomic E-state index is 0.154. The normalized spacial score (nSPS) is 13.0. The van der Waals surface area contributed by atoms with Crippen LogP contribution in [0.2, 0.25) is 0 Å². The number of unbranched alkanes of at least 4 members (excludes halogenated alkanes) is 1. The summed E-state index contributed by atoms with van der Waals surface area (Å²) in [7, 11) is 0. The minimum atomic E-state index is -1.19. The fourth-order valence-corrected chi connectivity index (χ4v) is 3.70. The first-order valence-corrected chi connectivity index (χ1v) is 12.6. The van der Waals surface area contributed by atoms with E-state index < -0.39 is 41.7 Å². The highest BCUT2D eigenvalue weighted by molar-refractivity contribution is 5.99. The molecule has 2 aromatic carbocycles. The second-order valence-corrected chi connectivity index (χ2v) is 9.05. The standard InChI is InChI=1S/C29H37N3O6/c1-4-6-7-13-27(35)38-19-25(29(37)31-24-15-14-21-11-8-9-12-22(21)16-24)32-28(36)23(10-5-2)17-26(34)30-20(3)18-33/h4-5,8-9,11-12,14-16,20,23,25,33H,1-2,6-7,10,13,17-19H2,3H3,(H,30,34)(H,31,37)(H,32,36)/t20-,23+,25+/m1/s1. The number of carbonyl (C=O) groups excluding carboxylic acids is 4. The average molecular weight is 524 g/mol. The van der Waals surface area contributed by atoms with Gasteiger partial charge in [0.05, 0.1) is 12.5 Å². The lowest BCUT2D eigenvalue weighted by Crippen LogP contribution is -2.49. The molecular weight excluding hydrogens is 486 g/mol. The highest BCUT2D eigenvalue weighted by atomic mass is 16.5. The molecule has 0 saturated heterocycles. The summed E-state index contributed by atoms with van der Waals surface area (Å²) >= 11 is 0. The minimum Gasteiger partial charge on any atom is -0.463 e. The Kier molecular flexibility index (Phi) is 12.7. The van der Waals surface area contributed by atoms with Crippen molar-refractivity contribution in [3.63, 3.8) is 0 Å². The molecule has 0 spiro atoms. The van der Waals surface area contributed by atoms with Crippen molar-refractivity contribution in [3.8, 4) is 0 Å². The van der Waals surface area contributed by atoms with Crippen LogP contribution in [-0.2, 0) is 23.9 Å². The largest absolute Gasteiger partial charge is 0.463 e. The van der Waals surface area contributed by atoms with E-state index in [0.717, 1.165) is 10.8 Å². The predicted octanol–water partition coefficient (Wildman–Crippen LogP) is 3.24. The Labute approximate surface area is 223 Å². The molecule has 3 amide bonds. The second kappa shape index (κ2) is 16.0.